The summed E-state index contributed by atoms with van der Waals surface area (Å²) in [6, 6.07) is 6.77. The Morgan fingerprint density at radius 1 is 1.27 bits per heavy atom. The maximum atomic E-state index is 11.2. The fourth-order valence-corrected chi connectivity index (χ4v) is 2.13. The molecule has 1 aromatic carbocycles. The first-order chi connectivity index (χ1) is 9.86. The number of benzene rings is 1. The maximum Gasteiger partial charge on any atom is 0.238 e. The van der Waals surface area contributed by atoms with Crippen LogP contribution in [0.1, 0.15) is 32.8 Å². The summed E-state index contributed by atoms with van der Waals surface area (Å²) in [5.41, 5.74) is 0.920. The smallest absolute Gasteiger partial charge is 0.238 e. The molecular weight excluding hydrogens is 415 g/mol. The van der Waals surface area contributed by atoms with Crippen molar-refractivity contribution in [2.75, 3.05) is 6.54 Å². The van der Waals surface area contributed by atoms with E-state index in [1.807, 2.05) is 6.92 Å². The van der Waals surface area contributed by atoms with Crippen LogP contribution < -0.4 is 15.8 Å². The van der Waals surface area contributed by atoms with E-state index >= 15 is 0 Å². The predicted octanol–water partition coefficient (Wildman–Crippen LogP) is 1.81. The zero-order chi connectivity index (χ0) is 15.9. The predicted molar refractivity (Wildman–Crippen MR) is 101 cm³/mol. The number of aliphatic imine (C=N–C) groups is 1. The van der Waals surface area contributed by atoms with E-state index in [-0.39, 0.29) is 28.9 Å². The normalized spacial score (nSPS) is 13.2. The quantitative estimate of drug-likeness (QED) is 0.357. The average Bonchev–Trinajstić information content (AvgIpc) is 2.44. The number of primary sulfonamides is 1. The van der Waals surface area contributed by atoms with Gasteiger partial charge in [0, 0.05) is 12.6 Å². The number of hydrogen-bond acceptors (Lipinski definition) is 3. The standard InChI is InChI=1S/C14H24N4O2S.HI/c1-4-11(3)18-14(16-5-2)17-10-12-6-8-13(9-7-12)21(15,19)20;/h6-9,11H,4-5,10H2,1-3H3,(H2,15,19,20)(H2,16,17,18);1H. The van der Waals surface area contributed by atoms with Crippen molar-refractivity contribution in [2.45, 2.75) is 44.7 Å². The van der Waals surface area contributed by atoms with Gasteiger partial charge in [-0.3, -0.25) is 0 Å². The third-order valence-electron chi connectivity index (χ3n) is 3.01. The molecular formula is C14H25IN4O2S. The summed E-state index contributed by atoms with van der Waals surface area (Å²) in [5, 5.41) is 11.5. The summed E-state index contributed by atoms with van der Waals surface area (Å²) in [4.78, 5) is 4.59. The second-order valence-corrected chi connectivity index (χ2v) is 6.40. The molecule has 0 radical (unpaired) electrons. The molecule has 0 amide bonds. The maximum absolute atomic E-state index is 11.2. The molecule has 1 aromatic rings. The van der Waals surface area contributed by atoms with Crippen molar-refractivity contribution in [3.63, 3.8) is 0 Å². The highest BCUT2D eigenvalue weighted by molar-refractivity contribution is 14.0. The molecule has 126 valence electrons. The summed E-state index contributed by atoms with van der Waals surface area (Å²) < 4.78 is 22.4. The van der Waals surface area contributed by atoms with E-state index in [9.17, 15) is 8.42 Å². The minimum absolute atomic E-state index is 0. The van der Waals surface area contributed by atoms with Gasteiger partial charge >= 0.3 is 0 Å². The lowest BCUT2D eigenvalue weighted by molar-refractivity contribution is 0.597. The van der Waals surface area contributed by atoms with Crippen LogP contribution in [0.2, 0.25) is 0 Å². The summed E-state index contributed by atoms with van der Waals surface area (Å²) >= 11 is 0. The van der Waals surface area contributed by atoms with Crippen LogP contribution in [0.5, 0.6) is 0 Å². The molecule has 22 heavy (non-hydrogen) atoms. The second kappa shape index (κ2) is 10.0. The number of nitrogens with one attached hydrogen (secondary N) is 2. The zero-order valence-electron chi connectivity index (χ0n) is 13.2. The molecule has 0 bridgehead atoms. The van der Waals surface area contributed by atoms with Gasteiger partial charge in [-0.15, -0.1) is 24.0 Å². The SMILES string of the molecule is CCNC(=NCc1ccc(S(N)(=O)=O)cc1)NC(C)CC.I. The zero-order valence-corrected chi connectivity index (χ0v) is 16.3. The van der Waals surface area contributed by atoms with E-state index in [2.05, 4.69) is 29.5 Å². The van der Waals surface area contributed by atoms with Crippen LogP contribution in [-0.2, 0) is 16.6 Å². The monoisotopic (exact) mass is 440 g/mol. The first kappa shape index (κ1) is 21.1. The topological polar surface area (TPSA) is 96.6 Å². The summed E-state index contributed by atoms with van der Waals surface area (Å²) in [5.74, 6) is 0.752. The Balaban J connectivity index is 0.00000441. The van der Waals surface area contributed by atoms with Gasteiger partial charge in [0.05, 0.1) is 11.4 Å². The van der Waals surface area contributed by atoms with Gasteiger partial charge in [0.2, 0.25) is 10.0 Å². The van der Waals surface area contributed by atoms with Gasteiger partial charge in [0.15, 0.2) is 5.96 Å². The minimum atomic E-state index is -3.64. The van der Waals surface area contributed by atoms with Gasteiger partial charge in [0.1, 0.15) is 0 Å². The highest BCUT2D eigenvalue weighted by Crippen LogP contribution is 2.09. The Kier molecular flexibility index (Phi) is 9.61. The lowest BCUT2D eigenvalue weighted by Crippen LogP contribution is -2.41. The fourth-order valence-electron chi connectivity index (χ4n) is 1.61. The first-order valence-corrected chi connectivity index (χ1v) is 8.58. The van der Waals surface area contributed by atoms with Crippen molar-refractivity contribution < 1.29 is 8.42 Å². The molecule has 0 aliphatic carbocycles. The number of nitrogens with zero attached hydrogens (tertiary/aromatic N) is 1. The van der Waals surface area contributed by atoms with E-state index in [0.717, 1.165) is 24.5 Å². The molecule has 1 unspecified atom stereocenters. The Morgan fingerprint density at radius 3 is 2.32 bits per heavy atom. The molecule has 0 saturated carbocycles. The number of sulfonamides is 1. The molecule has 1 atom stereocenters. The number of nitrogens with two attached hydrogens (primary N) is 1. The molecule has 8 heteroatoms. The Morgan fingerprint density at radius 2 is 1.86 bits per heavy atom. The summed E-state index contributed by atoms with van der Waals surface area (Å²) in [6.45, 7) is 7.46. The number of hydrogen-bond donors (Lipinski definition) is 3. The Labute approximate surface area is 150 Å². The van der Waals surface area contributed by atoms with Gasteiger partial charge < -0.3 is 10.6 Å². The van der Waals surface area contributed by atoms with Crippen LogP contribution in [-0.4, -0.2) is 27.0 Å². The largest absolute Gasteiger partial charge is 0.357 e. The van der Waals surface area contributed by atoms with Crippen LogP contribution in [0.15, 0.2) is 34.2 Å². The van der Waals surface area contributed by atoms with E-state index in [0.29, 0.717) is 12.6 Å². The van der Waals surface area contributed by atoms with Crippen molar-refractivity contribution >= 4 is 40.0 Å². The average molecular weight is 440 g/mol. The van der Waals surface area contributed by atoms with E-state index in [4.69, 9.17) is 5.14 Å². The van der Waals surface area contributed by atoms with Crippen molar-refractivity contribution in [2.24, 2.45) is 10.1 Å². The van der Waals surface area contributed by atoms with Gasteiger partial charge in [-0.1, -0.05) is 19.1 Å². The molecule has 0 aromatic heterocycles. The van der Waals surface area contributed by atoms with Crippen molar-refractivity contribution in [3.8, 4) is 0 Å². The van der Waals surface area contributed by atoms with Crippen molar-refractivity contribution in [1.82, 2.24) is 10.6 Å². The van der Waals surface area contributed by atoms with Gasteiger partial charge in [-0.25, -0.2) is 18.5 Å². The summed E-state index contributed by atoms with van der Waals surface area (Å²) in [6.07, 6.45) is 1.01. The van der Waals surface area contributed by atoms with Gasteiger partial charge in [-0.05, 0) is 38.0 Å². The van der Waals surface area contributed by atoms with Crippen LogP contribution >= 0.6 is 24.0 Å². The molecule has 0 aliphatic heterocycles. The van der Waals surface area contributed by atoms with E-state index < -0.39 is 10.0 Å². The number of guanidine groups is 1. The highest BCUT2D eigenvalue weighted by Gasteiger charge is 2.07. The highest BCUT2D eigenvalue weighted by atomic mass is 127. The molecule has 0 heterocycles. The fraction of sp³-hybridized carbons (Fsp3) is 0.500. The van der Waals surface area contributed by atoms with Crippen molar-refractivity contribution in [1.29, 1.82) is 0 Å². The molecule has 0 aliphatic rings. The van der Waals surface area contributed by atoms with Crippen LogP contribution in [0.25, 0.3) is 0 Å². The molecule has 0 spiro atoms. The molecule has 4 N–H and O–H groups in total. The third-order valence-corrected chi connectivity index (χ3v) is 3.94. The Bertz CT molecular complexity index is 573. The minimum Gasteiger partial charge on any atom is -0.357 e. The Hall–Kier alpha value is -0.870. The molecule has 1 rings (SSSR count). The molecule has 6 nitrogen and oxygen atoms in total. The number of halogens is 1. The van der Waals surface area contributed by atoms with E-state index in [1.54, 1.807) is 12.1 Å². The van der Waals surface area contributed by atoms with Crippen molar-refractivity contribution in [3.05, 3.63) is 29.8 Å². The molecule has 0 saturated heterocycles. The lowest BCUT2D eigenvalue weighted by Gasteiger charge is -2.16. The van der Waals surface area contributed by atoms with Gasteiger partial charge in [-0.2, -0.15) is 0 Å². The number of rotatable bonds is 6. The third kappa shape index (κ3) is 7.41. The van der Waals surface area contributed by atoms with Crippen LogP contribution in [0.3, 0.4) is 0 Å². The van der Waals surface area contributed by atoms with E-state index in [1.165, 1.54) is 12.1 Å². The van der Waals surface area contributed by atoms with Crippen LogP contribution in [0, 0.1) is 0 Å². The van der Waals surface area contributed by atoms with Gasteiger partial charge in [0.25, 0.3) is 0 Å². The first-order valence-electron chi connectivity index (χ1n) is 7.03. The second-order valence-electron chi connectivity index (χ2n) is 4.84. The molecule has 0 fully saturated rings. The van der Waals surface area contributed by atoms with Crippen LogP contribution in [0.4, 0.5) is 0 Å². The lowest BCUT2D eigenvalue weighted by atomic mass is 10.2. The summed E-state index contributed by atoms with van der Waals surface area (Å²) in [7, 11) is -3.64.